The molecule has 4 nitrogen and oxygen atoms in total. The van der Waals surface area contributed by atoms with Gasteiger partial charge in [-0.2, -0.15) is 0 Å². The van der Waals surface area contributed by atoms with E-state index < -0.39 is 0 Å². The van der Waals surface area contributed by atoms with E-state index in [2.05, 4.69) is 48.3 Å². The standard InChI is InChI=1S/C17H21N3O/c1-12-6-4-5-7-14(12)11-20(3)15-8-9-16(13(2)10-15)17(18)19-21/h4-10,21H,11H2,1-3H3,(H2,18,19). The molecule has 0 aromatic heterocycles. The Morgan fingerprint density at radius 2 is 1.86 bits per heavy atom. The number of nitrogens with two attached hydrogens (primary N) is 1. The number of hydrogen-bond acceptors (Lipinski definition) is 3. The van der Waals surface area contributed by atoms with Gasteiger partial charge in [0.05, 0.1) is 0 Å². The molecule has 110 valence electrons. The Morgan fingerprint density at radius 1 is 1.14 bits per heavy atom. The van der Waals surface area contributed by atoms with Crippen LogP contribution in [0.15, 0.2) is 47.6 Å². The predicted molar refractivity (Wildman–Crippen MR) is 87.0 cm³/mol. The van der Waals surface area contributed by atoms with Crippen LogP contribution in [0.2, 0.25) is 0 Å². The fourth-order valence-electron chi connectivity index (χ4n) is 2.36. The van der Waals surface area contributed by atoms with Gasteiger partial charge in [-0.05, 0) is 48.7 Å². The highest BCUT2D eigenvalue weighted by Crippen LogP contribution is 2.21. The minimum atomic E-state index is 0.139. The Labute approximate surface area is 125 Å². The van der Waals surface area contributed by atoms with Gasteiger partial charge in [0.25, 0.3) is 0 Å². The van der Waals surface area contributed by atoms with Gasteiger partial charge in [-0.3, -0.25) is 0 Å². The summed E-state index contributed by atoms with van der Waals surface area (Å²) in [6.07, 6.45) is 0. The molecule has 4 heteroatoms. The maximum Gasteiger partial charge on any atom is 0.170 e. The molecule has 0 saturated carbocycles. The molecule has 0 aliphatic heterocycles. The first kappa shape index (κ1) is 14.9. The van der Waals surface area contributed by atoms with E-state index in [4.69, 9.17) is 10.9 Å². The summed E-state index contributed by atoms with van der Waals surface area (Å²) >= 11 is 0. The lowest BCUT2D eigenvalue weighted by Crippen LogP contribution is -2.19. The fraction of sp³-hybridized carbons (Fsp3) is 0.235. The number of hydrogen-bond donors (Lipinski definition) is 2. The molecule has 0 radical (unpaired) electrons. The van der Waals surface area contributed by atoms with Crippen molar-refractivity contribution in [2.45, 2.75) is 20.4 Å². The molecule has 0 fully saturated rings. The van der Waals surface area contributed by atoms with Crippen molar-refractivity contribution < 1.29 is 5.21 Å². The number of amidine groups is 1. The van der Waals surface area contributed by atoms with E-state index in [-0.39, 0.29) is 5.84 Å². The van der Waals surface area contributed by atoms with E-state index in [0.717, 1.165) is 23.4 Å². The summed E-state index contributed by atoms with van der Waals surface area (Å²) < 4.78 is 0. The second-order valence-corrected chi connectivity index (χ2v) is 5.27. The molecular formula is C17H21N3O. The van der Waals surface area contributed by atoms with E-state index >= 15 is 0 Å². The summed E-state index contributed by atoms with van der Waals surface area (Å²) in [7, 11) is 2.06. The zero-order valence-electron chi connectivity index (χ0n) is 12.7. The van der Waals surface area contributed by atoms with Crippen LogP contribution >= 0.6 is 0 Å². The van der Waals surface area contributed by atoms with Gasteiger partial charge in [0, 0.05) is 24.8 Å². The third kappa shape index (κ3) is 3.34. The van der Waals surface area contributed by atoms with E-state index in [1.54, 1.807) is 0 Å². The third-order valence-corrected chi connectivity index (χ3v) is 3.70. The van der Waals surface area contributed by atoms with Crippen molar-refractivity contribution in [3.8, 4) is 0 Å². The van der Waals surface area contributed by atoms with Crippen LogP contribution in [0.25, 0.3) is 0 Å². The molecular weight excluding hydrogens is 262 g/mol. The summed E-state index contributed by atoms with van der Waals surface area (Å²) in [5, 5.41) is 11.8. The topological polar surface area (TPSA) is 61.8 Å². The summed E-state index contributed by atoms with van der Waals surface area (Å²) in [4.78, 5) is 2.19. The van der Waals surface area contributed by atoms with Crippen molar-refractivity contribution in [1.29, 1.82) is 0 Å². The molecule has 0 saturated heterocycles. The minimum Gasteiger partial charge on any atom is -0.409 e. The second kappa shape index (κ2) is 6.31. The first-order valence-electron chi connectivity index (χ1n) is 6.87. The first-order valence-corrected chi connectivity index (χ1v) is 6.87. The Balaban J connectivity index is 2.22. The van der Waals surface area contributed by atoms with Crippen LogP contribution in [0.3, 0.4) is 0 Å². The van der Waals surface area contributed by atoms with Crippen molar-refractivity contribution >= 4 is 11.5 Å². The predicted octanol–water partition coefficient (Wildman–Crippen LogP) is 3.03. The van der Waals surface area contributed by atoms with E-state index in [1.807, 2.05) is 25.1 Å². The largest absolute Gasteiger partial charge is 0.409 e. The van der Waals surface area contributed by atoms with Crippen LogP contribution in [0.1, 0.15) is 22.3 Å². The molecule has 2 rings (SSSR count). The number of oxime groups is 1. The molecule has 2 aromatic rings. The Morgan fingerprint density at radius 3 is 2.48 bits per heavy atom. The molecule has 0 aliphatic rings. The van der Waals surface area contributed by atoms with Crippen molar-refractivity contribution in [2.24, 2.45) is 10.9 Å². The highest BCUT2D eigenvalue weighted by molar-refractivity contribution is 5.98. The molecule has 0 aliphatic carbocycles. The Bertz CT molecular complexity index is 665. The molecule has 2 aromatic carbocycles. The lowest BCUT2D eigenvalue weighted by molar-refractivity contribution is 0.318. The summed E-state index contributed by atoms with van der Waals surface area (Å²) in [6, 6.07) is 14.3. The van der Waals surface area contributed by atoms with Crippen LogP contribution < -0.4 is 10.6 Å². The van der Waals surface area contributed by atoms with Gasteiger partial charge in [0.1, 0.15) is 0 Å². The first-order chi connectivity index (χ1) is 10.0. The number of aryl methyl sites for hydroxylation is 2. The number of benzene rings is 2. The summed E-state index contributed by atoms with van der Waals surface area (Å²) in [5.74, 6) is 0.139. The summed E-state index contributed by atoms with van der Waals surface area (Å²) in [6.45, 7) is 4.92. The smallest absolute Gasteiger partial charge is 0.170 e. The van der Waals surface area contributed by atoms with Crippen molar-refractivity contribution in [2.75, 3.05) is 11.9 Å². The minimum absolute atomic E-state index is 0.139. The van der Waals surface area contributed by atoms with Gasteiger partial charge in [0.15, 0.2) is 5.84 Å². The Kier molecular flexibility index (Phi) is 4.48. The SMILES string of the molecule is Cc1ccccc1CN(C)c1ccc(/C(N)=N/O)c(C)c1. The van der Waals surface area contributed by atoms with Crippen molar-refractivity contribution in [3.63, 3.8) is 0 Å². The highest BCUT2D eigenvalue weighted by Gasteiger charge is 2.08. The third-order valence-electron chi connectivity index (χ3n) is 3.70. The molecule has 0 unspecified atom stereocenters. The van der Waals surface area contributed by atoms with Crippen molar-refractivity contribution in [1.82, 2.24) is 0 Å². The van der Waals surface area contributed by atoms with E-state index in [9.17, 15) is 0 Å². The monoisotopic (exact) mass is 283 g/mol. The maximum atomic E-state index is 8.77. The van der Waals surface area contributed by atoms with Crippen LogP contribution in [-0.4, -0.2) is 18.1 Å². The van der Waals surface area contributed by atoms with Crippen LogP contribution in [-0.2, 0) is 6.54 Å². The summed E-state index contributed by atoms with van der Waals surface area (Å²) in [5.41, 5.74) is 11.1. The van der Waals surface area contributed by atoms with Crippen LogP contribution in [0.4, 0.5) is 5.69 Å². The lowest BCUT2D eigenvalue weighted by Gasteiger charge is -2.21. The average molecular weight is 283 g/mol. The number of nitrogens with zero attached hydrogens (tertiary/aromatic N) is 2. The van der Waals surface area contributed by atoms with Crippen LogP contribution in [0.5, 0.6) is 0 Å². The van der Waals surface area contributed by atoms with Crippen molar-refractivity contribution in [3.05, 3.63) is 64.7 Å². The highest BCUT2D eigenvalue weighted by atomic mass is 16.4. The number of rotatable bonds is 4. The van der Waals surface area contributed by atoms with Gasteiger partial charge < -0.3 is 15.8 Å². The van der Waals surface area contributed by atoms with Gasteiger partial charge in [-0.25, -0.2) is 0 Å². The zero-order valence-corrected chi connectivity index (χ0v) is 12.7. The normalized spacial score (nSPS) is 11.5. The average Bonchev–Trinajstić information content (AvgIpc) is 2.48. The zero-order chi connectivity index (χ0) is 15.4. The van der Waals surface area contributed by atoms with Crippen LogP contribution in [0, 0.1) is 13.8 Å². The fourth-order valence-corrected chi connectivity index (χ4v) is 2.36. The lowest BCUT2D eigenvalue weighted by atomic mass is 10.1. The second-order valence-electron chi connectivity index (χ2n) is 5.27. The van der Waals surface area contributed by atoms with E-state index in [0.29, 0.717) is 0 Å². The molecule has 21 heavy (non-hydrogen) atoms. The van der Waals surface area contributed by atoms with Gasteiger partial charge in [-0.15, -0.1) is 0 Å². The molecule has 3 N–H and O–H groups in total. The molecule has 0 bridgehead atoms. The van der Waals surface area contributed by atoms with E-state index in [1.165, 1.54) is 11.1 Å². The Hall–Kier alpha value is -2.49. The maximum absolute atomic E-state index is 8.77. The number of anilines is 1. The van der Waals surface area contributed by atoms with Gasteiger partial charge in [-0.1, -0.05) is 29.4 Å². The molecule has 0 amide bonds. The molecule has 0 atom stereocenters. The molecule has 0 spiro atoms. The van der Waals surface area contributed by atoms with Gasteiger partial charge in [0.2, 0.25) is 0 Å². The quantitative estimate of drug-likeness (QED) is 0.392. The van der Waals surface area contributed by atoms with Gasteiger partial charge >= 0.3 is 0 Å². The molecule has 0 heterocycles.